The number of nitrogens with zero attached hydrogens (tertiary/aromatic N) is 2. The van der Waals surface area contributed by atoms with Gasteiger partial charge in [0.25, 0.3) is 5.91 Å². The molecule has 4 rings (SSSR count). The van der Waals surface area contributed by atoms with E-state index in [0.29, 0.717) is 23.6 Å². The van der Waals surface area contributed by atoms with Crippen molar-refractivity contribution in [2.45, 2.75) is 32.7 Å². The molecule has 0 bridgehead atoms. The highest BCUT2D eigenvalue weighted by atomic mass is 35.5. The van der Waals surface area contributed by atoms with E-state index < -0.39 is 5.91 Å². The molecular formula is C26H30ClN3O5. The third-order valence-corrected chi connectivity index (χ3v) is 6.75. The molecule has 35 heavy (non-hydrogen) atoms. The molecule has 0 saturated carbocycles. The molecule has 1 amide bonds. The second-order valence-electron chi connectivity index (χ2n) is 8.84. The maximum Gasteiger partial charge on any atom is 0.274 e. The molecular weight excluding hydrogens is 470 g/mol. The molecule has 2 heterocycles. The minimum Gasteiger partial charge on any atom is -0.507 e. The lowest BCUT2D eigenvalue weighted by molar-refractivity contribution is 0.0947. The third kappa shape index (κ3) is 5.61. The van der Waals surface area contributed by atoms with Gasteiger partial charge in [-0.05, 0) is 62.4 Å². The summed E-state index contributed by atoms with van der Waals surface area (Å²) in [5.41, 5.74) is 2.60. The van der Waals surface area contributed by atoms with Crippen molar-refractivity contribution in [3.8, 4) is 33.9 Å². The maximum atomic E-state index is 12.7. The number of benzene rings is 2. The first-order valence-electron chi connectivity index (χ1n) is 11.8. The van der Waals surface area contributed by atoms with Gasteiger partial charge in [0.05, 0.1) is 16.1 Å². The molecule has 0 radical (unpaired) electrons. The lowest BCUT2D eigenvalue weighted by Gasteiger charge is -2.31. The van der Waals surface area contributed by atoms with Gasteiger partial charge >= 0.3 is 0 Å². The van der Waals surface area contributed by atoms with Crippen LogP contribution in [0.1, 0.15) is 42.2 Å². The van der Waals surface area contributed by atoms with Crippen LogP contribution in [0.4, 0.5) is 0 Å². The number of halogens is 1. The quantitative estimate of drug-likeness (QED) is 0.362. The fourth-order valence-electron chi connectivity index (χ4n) is 4.52. The van der Waals surface area contributed by atoms with Gasteiger partial charge in [-0.1, -0.05) is 41.0 Å². The minimum atomic E-state index is -0.392. The molecule has 4 N–H and O–H groups in total. The summed E-state index contributed by atoms with van der Waals surface area (Å²) >= 11 is 6.07. The van der Waals surface area contributed by atoms with E-state index in [-0.39, 0.29) is 40.1 Å². The first kappa shape index (κ1) is 25.0. The van der Waals surface area contributed by atoms with Crippen molar-refractivity contribution >= 4 is 17.5 Å². The SMILES string of the molecule is CCNC(=O)c1noc(-c2cc(Cl)c(O)cc2O)c1-c1ccc(CN2CCC(CCO)CC2)cc1. The van der Waals surface area contributed by atoms with Gasteiger partial charge in [0.1, 0.15) is 11.5 Å². The lowest BCUT2D eigenvalue weighted by atomic mass is 9.93. The predicted molar refractivity (Wildman–Crippen MR) is 133 cm³/mol. The van der Waals surface area contributed by atoms with Crippen LogP contribution in [-0.4, -0.2) is 57.5 Å². The molecule has 3 aromatic rings. The summed E-state index contributed by atoms with van der Waals surface area (Å²) in [6, 6.07) is 10.3. The molecule has 1 aromatic heterocycles. The maximum absolute atomic E-state index is 12.7. The number of aliphatic hydroxyl groups excluding tert-OH is 1. The van der Waals surface area contributed by atoms with Crippen molar-refractivity contribution in [2.24, 2.45) is 5.92 Å². The van der Waals surface area contributed by atoms with Crippen LogP contribution in [0.2, 0.25) is 5.02 Å². The van der Waals surface area contributed by atoms with Crippen molar-refractivity contribution in [1.29, 1.82) is 0 Å². The van der Waals surface area contributed by atoms with E-state index in [1.165, 1.54) is 6.07 Å². The monoisotopic (exact) mass is 499 g/mol. The Bertz CT molecular complexity index is 1170. The van der Waals surface area contributed by atoms with Gasteiger partial charge < -0.3 is 25.2 Å². The first-order chi connectivity index (χ1) is 16.9. The average Bonchev–Trinajstić information content (AvgIpc) is 3.28. The molecule has 186 valence electrons. The third-order valence-electron chi connectivity index (χ3n) is 6.45. The number of carbonyl (C=O) groups excluding carboxylic acids is 1. The molecule has 8 nitrogen and oxygen atoms in total. The zero-order chi connectivity index (χ0) is 24.9. The summed E-state index contributed by atoms with van der Waals surface area (Å²) < 4.78 is 5.52. The van der Waals surface area contributed by atoms with Gasteiger partial charge in [-0.2, -0.15) is 0 Å². The Balaban J connectivity index is 1.63. The Morgan fingerprint density at radius 3 is 2.54 bits per heavy atom. The predicted octanol–water partition coefficient (Wildman–Crippen LogP) is 4.42. The highest BCUT2D eigenvalue weighted by Crippen LogP contribution is 2.42. The molecule has 0 aliphatic carbocycles. The van der Waals surface area contributed by atoms with Crippen molar-refractivity contribution in [3.63, 3.8) is 0 Å². The lowest BCUT2D eigenvalue weighted by Crippen LogP contribution is -2.33. The number of rotatable bonds is 8. The largest absolute Gasteiger partial charge is 0.507 e. The van der Waals surface area contributed by atoms with E-state index in [1.54, 1.807) is 0 Å². The summed E-state index contributed by atoms with van der Waals surface area (Å²) in [5.74, 6) is -0.111. The van der Waals surface area contributed by atoms with Crippen LogP contribution < -0.4 is 5.32 Å². The van der Waals surface area contributed by atoms with Crippen molar-refractivity contribution in [2.75, 3.05) is 26.2 Å². The number of carbonyl (C=O) groups is 1. The minimum absolute atomic E-state index is 0.0396. The molecule has 0 spiro atoms. The Morgan fingerprint density at radius 1 is 1.17 bits per heavy atom. The van der Waals surface area contributed by atoms with Crippen molar-refractivity contribution in [1.82, 2.24) is 15.4 Å². The molecule has 0 atom stereocenters. The number of phenols is 2. The van der Waals surface area contributed by atoms with Gasteiger partial charge in [-0.3, -0.25) is 9.69 Å². The van der Waals surface area contributed by atoms with Crippen molar-refractivity contribution < 1.29 is 24.6 Å². The summed E-state index contributed by atoms with van der Waals surface area (Å²) in [6.07, 6.45) is 3.06. The summed E-state index contributed by atoms with van der Waals surface area (Å²) in [5, 5.41) is 36.2. The highest BCUT2D eigenvalue weighted by molar-refractivity contribution is 6.32. The van der Waals surface area contributed by atoms with Crippen molar-refractivity contribution in [3.05, 3.63) is 52.7 Å². The first-order valence-corrected chi connectivity index (χ1v) is 12.2. The molecule has 9 heteroatoms. The number of hydrogen-bond acceptors (Lipinski definition) is 7. The second kappa shape index (κ2) is 11.1. The Morgan fingerprint density at radius 2 is 1.89 bits per heavy atom. The van der Waals surface area contributed by atoms with Crippen LogP contribution >= 0.6 is 11.6 Å². The number of phenolic OH excluding ortho intramolecular Hbond substituents is 2. The molecule has 1 fully saturated rings. The topological polar surface area (TPSA) is 119 Å². The molecule has 2 aromatic carbocycles. The number of aromatic hydroxyl groups is 2. The average molecular weight is 500 g/mol. The van der Waals surface area contributed by atoms with Gasteiger partial charge in [0.2, 0.25) is 0 Å². The molecule has 1 aliphatic rings. The number of amides is 1. The van der Waals surface area contributed by atoms with Gasteiger partial charge in [0, 0.05) is 25.8 Å². The fraction of sp³-hybridized carbons (Fsp3) is 0.385. The Kier molecular flexibility index (Phi) is 7.95. The summed E-state index contributed by atoms with van der Waals surface area (Å²) in [4.78, 5) is 15.1. The standard InChI is InChI=1S/C26H30ClN3O5/c1-2-28-26(34)24-23(25(35-29-24)19-13-20(27)22(33)14-21(19)32)18-5-3-17(4-6-18)15-30-10-7-16(8-11-30)9-12-31/h3-6,13-14,16,31-33H,2,7-12,15H2,1H3,(H,28,34). The second-order valence-corrected chi connectivity index (χ2v) is 9.25. The van der Waals surface area contributed by atoms with E-state index in [2.05, 4.69) is 15.4 Å². The van der Waals surface area contributed by atoms with Gasteiger partial charge in [-0.25, -0.2) is 0 Å². The van der Waals surface area contributed by atoms with Crippen LogP contribution in [0.15, 0.2) is 40.9 Å². The van der Waals surface area contributed by atoms with E-state index in [0.717, 1.165) is 50.5 Å². The number of aliphatic hydroxyl groups is 1. The Labute approximate surface area is 209 Å². The number of nitrogens with one attached hydrogen (secondary N) is 1. The van der Waals surface area contributed by atoms with Crippen LogP contribution in [0.5, 0.6) is 11.5 Å². The number of piperidine rings is 1. The normalized spacial score (nSPS) is 14.8. The smallest absolute Gasteiger partial charge is 0.274 e. The van der Waals surface area contributed by atoms with Crippen LogP contribution in [0, 0.1) is 5.92 Å². The summed E-state index contributed by atoms with van der Waals surface area (Å²) in [6.45, 7) is 5.31. The number of hydrogen-bond donors (Lipinski definition) is 4. The van der Waals surface area contributed by atoms with E-state index >= 15 is 0 Å². The van der Waals surface area contributed by atoms with E-state index in [4.69, 9.17) is 21.2 Å². The summed E-state index contributed by atoms with van der Waals surface area (Å²) in [7, 11) is 0. The van der Waals surface area contributed by atoms with Crippen LogP contribution in [-0.2, 0) is 6.54 Å². The van der Waals surface area contributed by atoms with Crippen LogP contribution in [0.3, 0.4) is 0 Å². The van der Waals surface area contributed by atoms with E-state index in [9.17, 15) is 15.0 Å². The van der Waals surface area contributed by atoms with Gasteiger partial charge in [0.15, 0.2) is 11.5 Å². The number of likely N-dealkylation sites (tertiary alicyclic amines) is 1. The Hall–Kier alpha value is -3.07. The van der Waals surface area contributed by atoms with E-state index in [1.807, 2.05) is 31.2 Å². The molecule has 1 aliphatic heterocycles. The fourth-order valence-corrected chi connectivity index (χ4v) is 4.69. The zero-order valence-electron chi connectivity index (χ0n) is 19.6. The molecule has 1 saturated heterocycles. The highest BCUT2D eigenvalue weighted by Gasteiger charge is 2.26. The van der Waals surface area contributed by atoms with Gasteiger partial charge in [-0.15, -0.1) is 0 Å². The zero-order valence-corrected chi connectivity index (χ0v) is 20.4. The number of aromatic nitrogens is 1. The van der Waals surface area contributed by atoms with Crippen LogP contribution in [0.25, 0.3) is 22.5 Å². The molecule has 0 unspecified atom stereocenters.